The second kappa shape index (κ2) is 6.36. The number of carbonyl (C=O) groups is 1. The number of ether oxygens (including phenoxy) is 1. The topological polar surface area (TPSA) is 101 Å². The summed E-state index contributed by atoms with van der Waals surface area (Å²) in [5.74, 6) is 0.642. The maximum atomic E-state index is 11.9. The van der Waals surface area contributed by atoms with Gasteiger partial charge in [0.25, 0.3) is 0 Å². The number of nitrogens with zero attached hydrogens (tertiary/aromatic N) is 3. The number of anilines is 2. The third-order valence-corrected chi connectivity index (χ3v) is 2.77. The minimum atomic E-state index is -0.419. The standard InChI is InChI=1S/C12H20N6O2/c1-4-20-12-17-10(13-3)16-11(18-12)14-7(2)9(19)15-8-5-6-8/h7-8H,4-6H2,1-3H3,(H,15,19)(H2,13,14,16,17,18). The lowest BCUT2D eigenvalue weighted by Gasteiger charge is -2.14. The van der Waals surface area contributed by atoms with Gasteiger partial charge in [0.15, 0.2) is 0 Å². The first-order valence-electron chi connectivity index (χ1n) is 6.76. The van der Waals surface area contributed by atoms with Gasteiger partial charge in [0, 0.05) is 13.1 Å². The normalized spacial score (nSPS) is 15.3. The molecule has 0 saturated heterocycles. The van der Waals surface area contributed by atoms with Gasteiger partial charge in [-0.2, -0.15) is 15.0 Å². The molecule has 110 valence electrons. The second-order valence-electron chi connectivity index (χ2n) is 4.60. The highest BCUT2D eigenvalue weighted by molar-refractivity contribution is 5.84. The zero-order valence-corrected chi connectivity index (χ0v) is 11.9. The van der Waals surface area contributed by atoms with Crippen molar-refractivity contribution in [2.75, 3.05) is 24.3 Å². The predicted octanol–water partition coefficient (Wildman–Crippen LogP) is 0.391. The van der Waals surface area contributed by atoms with Gasteiger partial charge in [-0.25, -0.2) is 0 Å². The second-order valence-corrected chi connectivity index (χ2v) is 4.60. The summed E-state index contributed by atoms with van der Waals surface area (Å²) >= 11 is 0. The largest absolute Gasteiger partial charge is 0.464 e. The fraction of sp³-hybridized carbons (Fsp3) is 0.667. The molecule has 8 nitrogen and oxygen atoms in total. The van der Waals surface area contributed by atoms with E-state index < -0.39 is 6.04 Å². The zero-order chi connectivity index (χ0) is 14.5. The fourth-order valence-electron chi connectivity index (χ4n) is 1.54. The van der Waals surface area contributed by atoms with Crippen LogP contribution in [0.1, 0.15) is 26.7 Å². The van der Waals surface area contributed by atoms with Crippen LogP contribution < -0.4 is 20.7 Å². The minimum Gasteiger partial charge on any atom is -0.464 e. The molecular formula is C12H20N6O2. The van der Waals surface area contributed by atoms with E-state index >= 15 is 0 Å². The van der Waals surface area contributed by atoms with Gasteiger partial charge in [-0.3, -0.25) is 4.79 Å². The molecule has 1 amide bonds. The van der Waals surface area contributed by atoms with E-state index in [1.807, 2.05) is 6.92 Å². The van der Waals surface area contributed by atoms with E-state index in [0.717, 1.165) is 12.8 Å². The average molecular weight is 280 g/mol. The highest BCUT2D eigenvalue weighted by Gasteiger charge is 2.26. The molecule has 0 aliphatic heterocycles. The van der Waals surface area contributed by atoms with Crippen LogP contribution in [-0.2, 0) is 4.79 Å². The van der Waals surface area contributed by atoms with Crippen LogP contribution in [0.4, 0.5) is 11.9 Å². The van der Waals surface area contributed by atoms with Gasteiger partial charge >= 0.3 is 6.01 Å². The van der Waals surface area contributed by atoms with Crippen molar-refractivity contribution in [3.63, 3.8) is 0 Å². The van der Waals surface area contributed by atoms with Crippen molar-refractivity contribution in [2.24, 2.45) is 0 Å². The summed E-state index contributed by atoms with van der Waals surface area (Å²) in [4.78, 5) is 24.2. The molecule has 1 saturated carbocycles. The Morgan fingerprint density at radius 3 is 2.65 bits per heavy atom. The van der Waals surface area contributed by atoms with Crippen LogP contribution in [0.2, 0.25) is 0 Å². The van der Waals surface area contributed by atoms with E-state index in [2.05, 4.69) is 30.9 Å². The molecule has 0 aromatic carbocycles. The van der Waals surface area contributed by atoms with Gasteiger partial charge in [-0.1, -0.05) is 0 Å². The maximum absolute atomic E-state index is 11.9. The summed E-state index contributed by atoms with van der Waals surface area (Å²) in [6.45, 7) is 4.08. The first-order chi connectivity index (χ1) is 9.62. The molecular weight excluding hydrogens is 260 g/mol. The Labute approximate surface area is 117 Å². The van der Waals surface area contributed by atoms with Gasteiger partial charge in [0.2, 0.25) is 17.8 Å². The quantitative estimate of drug-likeness (QED) is 0.664. The van der Waals surface area contributed by atoms with Gasteiger partial charge in [0.1, 0.15) is 6.04 Å². The molecule has 1 fully saturated rings. The molecule has 1 aromatic heterocycles. The summed E-state index contributed by atoms with van der Waals surface area (Å²) < 4.78 is 5.26. The van der Waals surface area contributed by atoms with Crippen molar-refractivity contribution in [1.82, 2.24) is 20.3 Å². The average Bonchev–Trinajstić information content (AvgIpc) is 3.22. The van der Waals surface area contributed by atoms with Gasteiger partial charge in [-0.15, -0.1) is 0 Å². The summed E-state index contributed by atoms with van der Waals surface area (Å²) in [5, 5.41) is 8.70. The third-order valence-electron chi connectivity index (χ3n) is 2.77. The molecule has 8 heteroatoms. The molecule has 20 heavy (non-hydrogen) atoms. The van der Waals surface area contributed by atoms with Crippen LogP contribution in [0.15, 0.2) is 0 Å². The monoisotopic (exact) mass is 280 g/mol. The number of aromatic nitrogens is 3. The Hall–Kier alpha value is -2.12. The molecule has 1 aromatic rings. The summed E-state index contributed by atoms with van der Waals surface area (Å²) in [6.07, 6.45) is 2.12. The van der Waals surface area contributed by atoms with E-state index in [1.54, 1.807) is 14.0 Å². The Kier molecular flexibility index (Phi) is 4.54. The van der Waals surface area contributed by atoms with Crippen molar-refractivity contribution in [2.45, 2.75) is 38.8 Å². The smallest absolute Gasteiger partial charge is 0.323 e. The van der Waals surface area contributed by atoms with Crippen LogP contribution >= 0.6 is 0 Å². The molecule has 1 atom stereocenters. The van der Waals surface area contributed by atoms with Crippen LogP contribution in [0, 0.1) is 0 Å². The molecule has 0 spiro atoms. The highest BCUT2D eigenvalue weighted by Crippen LogP contribution is 2.19. The maximum Gasteiger partial charge on any atom is 0.323 e. The zero-order valence-electron chi connectivity index (χ0n) is 11.9. The molecule has 2 rings (SSSR count). The van der Waals surface area contributed by atoms with E-state index in [1.165, 1.54) is 0 Å². The summed E-state index contributed by atoms with van der Waals surface area (Å²) in [5.41, 5.74) is 0. The molecule has 1 aliphatic rings. The lowest BCUT2D eigenvalue weighted by atomic mass is 10.3. The predicted molar refractivity (Wildman–Crippen MR) is 74.8 cm³/mol. The van der Waals surface area contributed by atoms with Crippen LogP contribution in [-0.4, -0.2) is 46.6 Å². The molecule has 0 bridgehead atoms. The lowest BCUT2D eigenvalue weighted by molar-refractivity contribution is -0.121. The van der Waals surface area contributed by atoms with E-state index in [0.29, 0.717) is 24.5 Å². The van der Waals surface area contributed by atoms with Crippen LogP contribution in [0.25, 0.3) is 0 Å². The number of rotatable bonds is 7. The number of hydrogen-bond donors (Lipinski definition) is 3. The Morgan fingerprint density at radius 1 is 1.35 bits per heavy atom. The number of nitrogens with one attached hydrogen (secondary N) is 3. The molecule has 1 unspecified atom stereocenters. The summed E-state index contributed by atoms with van der Waals surface area (Å²) in [6, 6.07) is 0.137. The van der Waals surface area contributed by atoms with Gasteiger partial charge in [0.05, 0.1) is 6.61 Å². The van der Waals surface area contributed by atoms with E-state index in [4.69, 9.17) is 4.74 Å². The Balaban J connectivity index is 2.02. The molecule has 1 heterocycles. The first kappa shape index (κ1) is 14.3. The van der Waals surface area contributed by atoms with Crippen molar-refractivity contribution >= 4 is 17.8 Å². The molecule has 1 aliphatic carbocycles. The van der Waals surface area contributed by atoms with E-state index in [-0.39, 0.29) is 11.9 Å². The van der Waals surface area contributed by atoms with Crippen molar-refractivity contribution in [3.05, 3.63) is 0 Å². The van der Waals surface area contributed by atoms with Crippen molar-refractivity contribution in [1.29, 1.82) is 0 Å². The Bertz CT molecular complexity index is 477. The molecule has 3 N–H and O–H groups in total. The minimum absolute atomic E-state index is 0.0584. The molecule has 0 radical (unpaired) electrons. The van der Waals surface area contributed by atoms with E-state index in [9.17, 15) is 4.79 Å². The van der Waals surface area contributed by atoms with Crippen LogP contribution in [0.5, 0.6) is 6.01 Å². The highest BCUT2D eigenvalue weighted by atomic mass is 16.5. The first-order valence-corrected chi connectivity index (χ1v) is 6.76. The van der Waals surface area contributed by atoms with Crippen molar-refractivity contribution < 1.29 is 9.53 Å². The van der Waals surface area contributed by atoms with Crippen molar-refractivity contribution in [3.8, 4) is 6.01 Å². The van der Waals surface area contributed by atoms with Crippen LogP contribution in [0.3, 0.4) is 0 Å². The Morgan fingerprint density at radius 2 is 2.05 bits per heavy atom. The fourth-order valence-corrected chi connectivity index (χ4v) is 1.54. The summed E-state index contributed by atoms with van der Waals surface area (Å²) in [7, 11) is 1.71. The number of carbonyl (C=O) groups excluding carboxylic acids is 1. The van der Waals surface area contributed by atoms with Gasteiger partial charge < -0.3 is 20.7 Å². The van der Waals surface area contributed by atoms with Gasteiger partial charge in [-0.05, 0) is 26.7 Å². The lowest BCUT2D eigenvalue weighted by Crippen LogP contribution is -2.39. The number of hydrogen-bond acceptors (Lipinski definition) is 7. The third kappa shape index (κ3) is 3.94. The SMILES string of the molecule is CCOc1nc(NC)nc(NC(C)C(=O)NC2CC2)n1. The number of amides is 1.